The molecule has 4 nitrogen and oxygen atoms in total. The molecule has 19 heavy (non-hydrogen) atoms. The van der Waals surface area contributed by atoms with E-state index in [0.29, 0.717) is 19.1 Å². The number of carbonyl (C=O) groups is 1. The lowest BCUT2D eigenvalue weighted by Crippen LogP contribution is -2.64. The van der Waals surface area contributed by atoms with E-state index in [1.165, 1.54) is 0 Å². The summed E-state index contributed by atoms with van der Waals surface area (Å²) in [6.07, 6.45) is 0.512. The molecule has 0 heterocycles. The molecule has 1 aromatic rings. The molecule has 1 fully saturated rings. The van der Waals surface area contributed by atoms with Gasteiger partial charge >= 0.3 is 0 Å². The monoisotopic (exact) mass is 270 g/mol. The van der Waals surface area contributed by atoms with E-state index in [0.717, 1.165) is 12.1 Å². The second-order valence-corrected chi connectivity index (χ2v) is 4.52. The van der Waals surface area contributed by atoms with Crippen LogP contribution in [0.1, 0.15) is 23.7 Å². The van der Waals surface area contributed by atoms with Crippen LogP contribution in [0.5, 0.6) is 0 Å². The van der Waals surface area contributed by atoms with Crippen LogP contribution in [0.15, 0.2) is 18.2 Å². The molecule has 1 aromatic carbocycles. The van der Waals surface area contributed by atoms with Crippen molar-refractivity contribution in [2.45, 2.75) is 31.5 Å². The third-order valence-electron chi connectivity index (χ3n) is 3.22. The van der Waals surface area contributed by atoms with Crippen molar-refractivity contribution < 1.29 is 18.3 Å². The zero-order valence-electron chi connectivity index (χ0n) is 10.5. The average Bonchev–Trinajstić information content (AvgIpc) is 2.35. The van der Waals surface area contributed by atoms with Gasteiger partial charge in [-0.1, -0.05) is 0 Å². The molecule has 3 atom stereocenters. The number of benzene rings is 1. The molecule has 1 aliphatic carbocycles. The second-order valence-electron chi connectivity index (χ2n) is 4.52. The highest BCUT2D eigenvalue weighted by molar-refractivity contribution is 5.94. The van der Waals surface area contributed by atoms with Gasteiger partial charge in [0.2, 0.25) is 0 Å². The van der Waals surface area contributed by atoms with Gasteiger partial charge in [-0.3, -0.25) is 4.79 Å². The van der Waals surface area contributed by atoms with Crippen molar-refractivity contribution in [3.05, 3.63) is 35.4 Å². The molecule has 3 N–H and O–H groups in total. The standard InChI is InChI=1S/C13H16F2N2O2/c1-2-19-11-6-10(16)12(11)17-13(18)8-4-3-7(14)5-9(8)15/h3-5,10-12H,2,6,16H2,1H3,(H,17,18). The molecule has 0 bridgehead atoms. The van der Waals surface area contributed by atoms with Gasteiger partial charge in [-0.25, -0.2) is 8.78 Å². The van der Waals surface area contributed by atoms with Gasteiger partial charge in [0.25, 0.3) is 5.91 Å². The SMILES string of the molecule is CCOC1CC(N)C1NC(=O)c1ccc(F)cc1F. The maximum atomic E-state index is 13.5. The maximum Gasteiger partial charge on any atom is 0.254 e. The molecule has 0 aliphatic heterocycles. The Morgan fingerprint density at radius 1 is 1.53 bits per heavy atom. The van der Waals surface area contributed by atoms with Gasteiger partial charge in [0.1, 0.15) is 11.6 Å². The molecule has 0 radical (unpaired) electrons. The van der Waals surface area contributed by atoms with Crippen LogP contribution < -0.4 is 11.1 Å². The Kier molecular flexibility index (Phi) is 4.11. The topological polar surface area (TPSA) is 64.3 Å². The van der Waals surface area contributed by atoms with E-state index in [-0.39, 0.29) is 23.8 Å². The smallest absolute Gasteiger partial charge is 0.254 e. The zero-order valence-corrected chi connectivity index (χ0v) is 10.5. The van der Waals surface area contributed by atoms with Crippen molar-refractivity contribution in [3.8, 4) is 0 Å². The average molecular weight is 270 g/mol. The molecule has 0 spiro atoms. The predicted octanol–water partition coefficient (Wildman–Crippen LogP) is 1.20. The number of amides is 1. The molecule has 1 saturated carbocycles. The minimum Gasteiger partial charge on any atom is -0.376 e. The zero-order chi connectivity index (χ0) is 14.0. The summed E-state index contributed by atoms with van der Waals surface area (Å²) in [6, 6.07) is 2.29. The van der Waals surface area contributed by atoms with E-state index in [1.54, 1.807) is 0 Å². The lowest BCUT2D eigenvalue weighted by atomic mass is 9.83. The van der Waals surface area contributed by atoms with E-state index in [9.17, 15) is 13.6 Å². The number of halogens is 2. The second kappa shape index (κ2) is 5.63. The Morgan fingerprint density at radius 3 is 2.84 bits per heavy atom. The van der Waals surface area contributed by atoms with Crippen LogP contribution in [0, 0.1) is 11.6 Å². The summed E-state index contributed by atoms with van der Waals surface area (Å²) in [5, 5.41) is 2.63. The van der Waals surface area contributed by atoms with Crippen molar-refractivity contribution >= 4 is 5.91 Å². The van der Waals surface area contributed by atoms with Gasteiger partial charge in [-0.15, -0.1) is 0 Å². The van der Waals surface area contributed by atoms with E-state index in [4.69, 9.17) is 10.5 Å². The van der Waals surface area contributed by atoms with Gasteiger partial charge in [-0.05, 0) is 25.5 Å². The molecule has 104 valence electrons. The number of hydrogen-bond acceptors (Lipinski definition) is 3. The first-order valence-corrected chi connectivity index (χ1v) is 6.16. The predicted molar refractivity (Wildman–Crippen MR) is 65.6 cm³/mol. The Balaban J connectivity index is 2.04. The van der Waals surface area contributed by atoms with Crippen LogP contribution in [0.3, 0.4) is 0 Å². The van der Waals surface area contributed by atoms with Gasteiger partial charge < -0.3 is 15.8 Å². The Bertz CT molecular complexity index is 480. The molecule has 3 unspecified atom stereocenters. The number of nitrogens with one attached hydrogen (secondary N) is 1. The van der Waals surface area contributed by atoms with Crippen LogP contribution >= 0.6 is 0 Å². The van der Waals surface area contributed by atoms with Crippen LogP contribution in [0.4, 0.5) is 8.78 Å². The number of ether oxygens (including phenoxy) is 1. The Hall–Kier alpha value is -1.53. The quantitative estimate of drug-likeness (QED) is 0.864. The first kappa shape index (κ1) is 13.9. The van der Waals surface area contributed by atoms with Crippen molar-refractivity contribution in [1.82, 2.24) is 5.32 Å². The molecule has 6 heteroatoms. The third-order valence-corrected chi connectivity index (χ3v) is 3.22. The van der Waals surface area contributed by atoms with Crippen molar-refractivity contribution in [1.29, 1.82) is 0 Å². The van der Waals surface area contributed by atoms with Gasteiger partial charge in [0.15, 0.2) is 0 Å². The van der Waals surface area contributed by atoms with Crippen LogP contribution in [0.25, 0.3) is 0 Å². The summed E-state index contributed by atoms with van der Waals surface area (Å²) < 4.78 is 31.6. The molecule has 0 aromatic heterocycles. The number of carbonyl (C=O) groups excluding carboxylic acids is 1. The number of rotatable bonds is 4. The fraction of sp³-hybridized carbons (Fsp3) is 0.462. The highest BCUT2D eigenvalue weighted by Crippen LogP contribution is 2.23. The van der Waals surface area contributed by atoms with E-state index in [2.05, 4.69) is 5.32 Å². The number of hydrogen-bond donors (Lipinski definition) is 2. The van der Waals surface area contributed by atoms with Gasteiger partial charge in [0, 0.05) is 18.7 Å². The van der Waals surface area contributed by atoms with Crippen LogP contribution in [-0.4, -0.2) is 30.7 Å². The molecule has 1 amide bonds. The fourth-order valence-corrected chi connectivity index (χ4v) is 2.13. The van der Waals surface area contributed by atoms with Gasteiger partial charge in [0.05, 0.1) is 17.7 Å². The summed E-state index contributed by atoms with van der Waals surface area (Å²) in [4.78, 5) is 11.9. The summed E-state index contributed by atoms with van der Waals surface area (Å²) >= 11 is 0. The largest absolute Gasteiger partial charge is 0.376 e. The van der Waals surface area contributed by atoms with E-state index < -0.39 is 17.5 Å². The van der Waals surface area contributed by atoms with Crippen LogP contribution in [0.2, 0.25) is 0 Å². The normalized spacial score (nSPS) is 25.8. The minimum absolute atomic E-state index is 0.146. The summed E-state index contributed by atoms with van der Waals surface area (Å²) in [6.45, 7) is 2.37. The summed E-state index contributed by atoms with van der Waals surface area (Å²) in [5.41, 5.74) is 5.59. The highest BCUT2D eigenvalue weighted by Gasteiger charge is 2.40. The van der Waals surface area contributed by atoms with Crippen LogP contribution in [-0.2, 0) is 4.74 Å². The number of nitrogens with two attached hydrogens (primary N) is 1. The minimum atomic E-state index is -0.890. The van der Waals surface area contributed by atoms with Crippen molar-refractivity contribution in [2.75, 3.05) is 6.61 Å². The lowest BCUT2D eigenvalue weighted by molar-refractivity contribution is -0.0300. The Morgan fingerprint density at radius 2 is 2.26 bits per heavy atom. The first-order chi connectivity index (χ1) is 9.02. The van der Waals surface area contributed by atoms with E-state index in [1.807, 2.05) is 6.92 Å². The van der Waals surface area contributed by atoms with Gasteiger partial charge in [-0.2, -0.15) is 0 Å². The fourth-order valence-electron chi connectivity index (χ4n) is 2.13. The molecule has 2 rings (SSSR count). The van der Waals surface area contributed by atoms with Crippen molar-refractivity contribution in [2.24, 2.45) is 5.73 Å². The summed E-state index contributed by atoms with van der Waals surface area (Å²) in [7, 11) is 0. The first-order valence-electron chi connectivity index (χ1n) is 6.16. The third kappa shape index (κ3) is 2.90. The maximum absolute atomic E-state index is 13.5. The van der Waals surface area contributed by atoms with E-state index >= 15 is 0 Å². The molecule has 1 aliphatic rings. The molecular weight excluding hydrogens is 254 g/mol. The summed E-state index contributed by atoms with van der Waals surface area (Å²) in [5.74, 6) is -2.22. The molecular formula is C13H16F2N2O2. The molecule has 0 saturated heterocycles. The van der Waals surface area contributed by atoms with Crippen molar-refractivity contribution in [3.63, 3.8) is 0 Å². The lowest BCUT2D eigenvalue weighted by Gasteiger charge is -2.42. The Labute approximate surface area is 109 Å². The highest BCUT2D eigenvalue weighted by atomic mass is 19.1.